The van der Waals surface area contributed by atoms with E-state index in [0.29, 0.717) is 0 Å². The molecule has 7 aromatic carbocycles. The predicted octanol–water partition coefficient (Wildman–Crippen LogP) is 13.4. The molecule has 0 fully saturated rings. The van der Waals surface area contributed by atoms with Gasteiger partial charge in [-0.25, -0.2) is 4.98 Å². The highest BCUT2D eigenvalue weighted by Gasteiger charge is 2.35. The van der Waals surface area contributed by atoms with Gasteiger partial charge >= 0.3 is 0 Å². The molecule has 0 spiro atoms. The predicted molar refractivity (Wildman–Crippen MR) is 214 cm³/mol. The molecule has 51 heavy (non-hydrogen) atoms. The van der Waals surface area contributed by atoms with Crippen LogP contribution in [0.3, 0.4) is 0 Å². The minimum absolute atomic E-state index is 0.0852. The van der Waals surface area contributed by atoms with Gasteiger partial charge in [0.2, 0.25) is 0 Å². The molecule has 1 nitrogen and oxygen atoms in total. The van der Waals surface area contributed by atoms with Crippen molar-refractivity contribution in [2.45, 2.75) is 19.3 Å². The molecule has 0 saturated carbocycles. The van der Waals surface area contributed by atoms with Gasteiger partial charge in [-0.3, -0.25) is 0 Å². The summed E-state index contributed by atoms with van der Waals surface area (Å²) >= 11 is 0. The lowest BCUT2D eigenvalue weighted by molar-refractivity contribution is 0.661. The molecule has 0 amide bonds. The van der Waals surface area contributed by atoms with E-state index in [4.69, 9.17) is 4.98 Å². The van der Waals surface area contributed by atoms with E-state index in [1.165, 1.54) is 61.2 Å². The van der Waals surface area contributed by atoms with Crippen LogP contribution in [0, 0.1) is 0 Å². The topological polar surface area (TPSA) is 12.9 Å². The molecule has 0 N–H and O–H groups in total. The summed E-state index contributed by atoms with van der Waals surface area (Å²) in [6.07, 6.45) is 0. The maximum atomic E-state index is 5.16. The van der Waals surface area contributed by atoms with Crippen LogP contribution in [0.2, 0.25) is 0 Å². The van der Waals surface area contributed by atoms with Gasteiger partial charge in [-0.15, -0.1) is 0 Å². The molecule has 1 aliphatic carbocycles. The zero-order valence-corrected chi connectivity index (χ0v) is 28.8. The number of hydrogen-bond donors (Lipinski definition) is 0. The molecule has 0 saturated heterocycles. The van der Waals surface area contributed by atoms with Crippen molar-refractivity contribution in [1.29, 1.82) is 0 Å². The van der Waals surface area contributed by atoms with E-state index in [9.17, 15) is 0 Å². The van der Waals surface area contributed by atoms with Crippen LogP contribution in [0.25, 0.3) is 78.1 Å². The molecular weight excluding hydrogens is 615 g/mol. The van der Waals surface area contributed by atoms with E-state index in [2.05, 4.69) is 196 Å². The number of pyridine rings is 1. The molecule has 0 bridgehead atoms. The standard InChI is InChI=1S/C50H37N/c1-50(2)46-30-40(34-13-6-3-7-14-34)25-27-44(46)45-28-26-41(31-47(45)50)37-23-21-36(22-24-37)39-19-12-20-42(29-39)49-33-43(35-15-8-4-9-16-35)32-48(51-49)38-17-10-5-11-18-38/h3-33H,1-2H3. The highest BCUT2D eigenvalue weighted by Crippen LogP contribution is 2.50. The van der Waals surface area contributed by atoms with Crippen LogP contribution < -0.4 is 0 Å². The summed E-state index contributed by atoms with van der Waals surface area (Å²) in [4.78, 5) is 5.16. The number of nitrogens with zero attached hydrogens (tertiary/aromatic N) is 1. The van der Waals surface area contributed by atoms with Gasteiger partial charge < -0.3 is 0 Å². The van der Waals surface area contributed by atoms with Crippen LogP contribution in [0.5, 0.6) is 0 Å². The summed E-state index contributed by atoms with van der Waals surface area (Å²) in [7, 11) is 0. The number of aromatic nitrogens is 1. The smallest absolute Gasteiger partial charge is 0.0715 e. The Bertz CT molecular complexity index is 2450. The summed E-state index contributed by atoms with van der Waals surface area (Å²) in [6, 6.07) is 67.8. The Morgan fingerprint density at radius 1 is 0.294 bits per heavy atom. The third kappa shape index (κ3) is 5.67. The van der Waals surface area contributed by atoms with E-state index in [1.54, 1.807) is 0 Å². The molecule has 1 heteroatoms. The Hall–Kier alpha value is -6.31. The minimum atomic E-state index is -0.0852. The highest BCUT2D eigenvalue weighted by atomic mass is 14.7. The van der Waals surface area contributed by atoms with Crippen LogP contribution >= 0.6 is 0 Å². The van der Waals surface area contributed by atoms with Crippen molar-refractivity contribution in [3.05, 3.63) is 199 Å². The van der Waals surface area contributed by atoms with E-state index in [1.807, 2.05) is 6.07 Å². The number of benzene rings is 7. The second kappa shape index (κ2) is 12.5. The van der Waals surface area contributed by atoms with E-state index >= 15 is 0 Å². The van der Waals surface area contributed by atoms with E-state index < -0.39 is 0 Å². The Kier molecular flexibility index (Phi) is 7.55. The molecule has 0 unspecified atom stereocenters. The molecule has 1 aliphatic rings. The van der Waals surface area contributed by atoms with Crippen LogP contribution in [-0.4, -0.2) is 4.98 Å². The molecule has 0 radical (unpaired) electrons. The van der Waals surface area contributed by atoms with Crippen molar-refractivity contribution in [1.82, 2.24) is 4.98 Å². The first-order valence-electron chi connectivity index (χ1n) is 17.7. The first-order chi connectivity index (χ1) is 25.0. The van der Waals surface area contributed by atoms with Crippen molar-refractivity contribution in [3.63, 3.8) is 0 Å². The Labute approximate surface area is 300 Å². The molecule has 1 aromatic heterocycles. The van der Waals surface area contributed by atoms with Crippen molar-refractivity contribution in [2.24, 2.45) is 0 Å². The van der Waals surface area contributed by atoms with Crippen LogP contribution in [0.1, 0.15) is 25.0 Å². The third-order valence-corrected chi connectivity index (χ3v) is 10.5. The van der Waals surface area contributed by atoms with Crippen LogP contribution in [0.4, 0.5) is 0 Å². The van der Waals surface area contributed by atoms with Crippen molar-refractivity contribution < 1.29 is 0 Å². The van der Waals surface area contributed by atoms with Crippen molar-refractivity contribution in [2.75, 3.05) is 0 Å². The molecular formula is C50H37N. The van der Waals surface area contributed by atoms with Crippen LogP contribution in [0.15, 0.2) is 188 Å². The summed E-state index contributed by atoms with van der Waals surface area (Å²) in [5.41, 5.74) is 19.2. The van der Waals surface area contributed by atoms with Gasteiger partial charge in [0.25, 0.3) is 0 Å². The Morgan fingerprint density at radius 3 is 1.20 bits per heavy atom. The van der Waals surface area contributed by atoms with Gasteiger partial charge in [0.1, 0.15) is 0 Å². The summed E-state index contributed by atoms with van der Waals surface area (Å²) in [6.45, 7) is 4.72. The van der Waals surface area contributed by atoms with Gasteiger partial charge in [-0.05, 0) is 97.1 Å². The lowest BCUT2D eigenvalue weighted by Gasteiger charge is -2.22. The Morgan fingerprint density at radius 2 is 0.667 bits per heavy atom. The van der Waals surface area contributed by atoms with Crippen molar-refractivity contribution >= 4 is 0 Å². The molecule has 8 aromatic rings. The maximum absolute atomic E-state index is 5.16. The lowest BCUT2D eigenvalue weighted by Crippen LogP contribution is -2.15. The molecule has 0 atom stereocenters. The number of fused-ring (bicyclic) bond motifs is 3. The van der Waals surface area contributed by atoms with E-state index in [0.717, 1.165) is 28.1 Å². The minimum Gasteiger partial charge on any atom is -0.248 e. The zero-order chi connectivity index (χ0) is 34.4. The fraction of sp³-hybridized carbons (Fsp3) is 0.0600. The van der Waals surface area contributed by atoms with Gasteiger partial charge in [-0.2, -0.15) is 0 Å². The number of hydrogen-bond acceptors (Lipinski definition) is 1. The molecule has 242 valence electrons. The molecule has 0 aliphatic heterocycles. The Balaban J connectivity index is 1.03. The van der Waals surface area contributed by atoms with E-state index in [-0.39, 0.29) is 5.41 Å². The SMILES string of the molecule is CC1(C)c2cc(-c3ccccc3)ccc2-c2ccc(-c3ccc(-c4cccc(-c5cc(-c6ccccc6)cc(-c6ccccc6)n5)c4)cc3)cc21. The summed E-state index contributed by atoms with van der Waals surface area (Å²) in [5.74, 6) is 0. The molecule has 1 heterocycles. The average Bonchev–Trinajstić information content (AvgIpc) is 3.43. The second-order valence-corrected chi connectivity index (χ2v) is 14.0. The van der Waals surface area contributed by atoms with Gasteiger partial charge in [-0.1, -0.05) is 172 Å². The second-order valence-electron chi connectivity index (χ2n) is 14.0. The largest absolute Gasteiger partial charge is 0.248 e. The lowest BCUT2D eigenvalue weighted by atomic mass is 9.81. The monoisotopic (exact) mass is 651 g/mol. The van der Waals surface area contributed by atoms with Gasteiger partial charge in [0.05, 0.1) is 11.4 Å². The average molecular weight is 652 g/mol. The fourth-order valence-electron chi connectivity index (χ4n) is 7.67. The molecule has 9 rings (SSSR count). The maximum Gasteiger partial charge on any atom is 0.0715 e. The first kappa shape index (κ1) is 30.7. The first-order valence-corrected chi connectivity index (χ1v) is 17.7. The van der Waals surface area contributed by atoms with Gasteiger partial charge in [0.15, 0.2) is 0 Å². The fourth-order valence-corrected chi connectivity index (χ4v) is 7.67. The summed E-state index contributed by atoms with van der Waals surface area (Å²) in [5, 5.41) is 0. The normalized spacial score (nSPS) is 12.7. The zero-order valence-electron chi connectivity index (χ0n) is 28.8. The number of rotatable bonds is 6. The highest BCUT2D eigenvalue weighted by molar-refractivity contribution is 5.86. The van der Waals surface area contributed by atoms with Crippen LogP contribution in [-0.2, 0) is 5.41 Å². The quantitative estimate of drug-likeness (QED) is 0.174. The summed E-state index contributed by atoms with van der Waals surface area (Å²) < 4.78 is 0. The third-order valence-electron chi connectivity index (χ3n) is 10.5. The van der Waals surface area contributed by atoms with Gasteiger partial charge in [0, 0.05) is 16.5 Å². The van der Waals surface area contributed by atoms with Crippen molar-refractivity contribution in [3.8, 4) is 78.1 Å².